The van der Waals surface area contributed by atoms with Gasteiger partial charge in [0.05, 0.1) is 24.4 Å². The van der Waals surface area contributed by atoms with Crippen molar-refractivity contribution in [3.05, 3.63) is 59.8 Å². The number of allylic oxidation sites excluding steroid dienone is 8. The Morgan fingerprint density at radius 1 is 0.855 bits per heavy atom. The van der Waals surface area contributed by atoms with Crippen molar-refractivity contribution in [3.8, 4) is 0 Å². The molecule has 2 aliphatic heterocycles. The zero-order chi connectivity index (χ0) is 46.1. The third-order valence-corrected chi connectivity index (χ3v) is 13.3. The fourth-order valence-corrected chi connectivity index (χ4v) is 9.16. The second-order valence-corrected chi connectivity index (χ2v) is 18.5. The smallest absolute Gasteiger partial charge is 0.295 e. The predicted molar refractivity (Wildman–Crippen MR) is 241 cm³/mol. The third-order valence-electron chi connectivity index (χ3n) is 13.3. The summed E-state index contributed by atoms with van der Waals surface area (Å²) in [6.45, 7) is 14.2. The van der Waals surface area contributed by atoms with Gasteiger partial charge < -0.3 is 39.2 Å². The number of Topliss-reactive ketones (excluding diaryl/α,β-unsaturated/α-hetero) is 2. The highest BCUT2D eigenvalue weighted by molar-refractivity contribution is 6.38. The van der Waals surface area contributed by atoms with Crippen LogP contribution in [0.2, 0.25) is 0 Å². The second kappa shape index (κ2) is 26.0. The van der Waals surface area contributed by atoms with E-state index in [1.807, 2.05) is 57.2 Å². The van der Waals surface area contributed by atoms with E-state index in [0.29, 0.717) is 50.3 Å². The Morgan fingerprint density at radius 2 is 1.55 bits per heavy atom. The standard InChI is InChI=1S/C50H79NO11/c1-32(17-13-11-14-18-34(3)43(59-8)31-40-22-20-38(7)50(58,62-40)48(56)49(57)51-25-15-12-16-26-51)27-36(5)45(54)47(61-10)46(55)37(6)29-35(4)41(52)23-19-33(2)28-39-21-24-42(53)44(30-39)60-9/h11,13-14,17-19,23,29,32-33,35-36,38-40,42-44,46-47,53,55,58H,12,15-16,20-22,24-28,30-31H2,1-10H3/b14-11+,17-13+,23-19+,34-18+,37-29+/t32-,33+,35-,36-,38-,39+,40+,42-,43+,44-,46-,47+,50-/m1/s1. The Hall–Kier alpha value is -3.10. The van der Waals surface area contributed by atoms with Crippen LogP contribution in [0, 0.1) is 35.5 Å². The number of hydrogen-bond donors (Lipinski definition) is 3. The van der Waals surface area contributed by atoms with Crippen molar-refractivity contribution in [1.29, 1.82) is 0 Å². The molecule has 1 saturated carbocycles. The lowest BCUT2D eigenvalue weighted by Gasteiger charge is -2.42. The van der Waals surface area contributed by atoms with E-state index in [-0.39, 0.29) is 35.6 Å². The number of piperidine rings is 1. The number of hydrogen-bond acceptors (Lipinski definition) is 11. The molecule has 0 bridgehead atoms. The monoisotopic (exact) mass is 870 g/mol. The number of methoxy groups -OCH3 is 3. The first-order valence-electron chi connectivity index (χ1n) is 23.0. The SMILES string of the molecule is CO[C@@H](C[C@@H]1CC[C@@H](C)[C@](O)(C(=O)C(=O)N2CCCCC2)O1)/C(C)=C/C=C/C=C/[C@@H](C)C[C@@H](C)C(=O)[C@H](OC)[C@H](O)/C(C)=C/[C@@H](C)C(=O)/C=C/[C@H](C)C[C@@H]1CC[C@@H](O)[C@H](OC)C1. The highest BCUT2D eigenvalue weighted by Crippen LogP contribution is 2.36. The molecular weight excluding hydrogens is 791 g/mol. The summed E-state index contributed by atoms with van der Waals surface area (Å²) in [5.74, 6) is -4.74. The molecule has 62 heavy (non-hydrogen) atoms. The summed E-state index contributed by atoms with van der Waals surface area (Å²) in [7, 11) is 4.65. The van der Waals surface area contributed by atoms with Gasteiger partial charge in [0.2, 0.25) is 5.79 Å². The molecular formula is C50H79NO11. The average molecular weight is 870 g/mol. The van der Waals surface area contributed by atoms with E-state index < -0.39 is 59.6 Å². The van der Waals surface area contributed by atoms with Gasteiger partial charge in [-0.1, -0.05) is 77.2 Å². The maximum Gasteiger partial charge on any atom is 0.295 e. The van der Waals surface area contributed by atoms with E-state index in [2.05, 4.69) is 6.92 Å². The lowest BCUT2D eigenvalue weighted by molar-refractivity contribution is -0.265. The fourth-order valence-electron chi connectivity index (χ4n) is 9.16. The first-order valence-corrected chi connectivity index (χ1v) is 23.0. The lowest BCUT2D eigenvalue weighted by atomic mass is 9.80. The number of aliphatic hydroxyl groups is 3. The normalized spacial score (nSPS) is 29.0. The van der Waals surface area contributed by atoms with Gasteiger partial charge in [-0.05, 0) is 113 Å². The van der Waals surface area contributed by atoms with Gasteiger partial charge in [0.15, 0.2) is 11.6 Å². The van der Waals surface area contributed by atoms with E-state index >= 15 is 0 Å². The van der Waals surface area contributed by atoms with E-state index in [0.717, 1.165) is 50.5 Å². The first kappa shape index (κ1) is 53.2. The zero-order valence-electron chi connectivity index (χ0n) is 39.3. The number of rotatable bonds is 23. The minimum Gasteiger partial charge on any atom is -0.390 e. The number of ether oxygens (including phenoxy) is 4. The predicted octanol–water partition coefficient (Wildman–Crippen LogP) is 7.05. The number of carbonyl (C=O) groups excluding carboxylic acids is 4. The quantitative estimate of drug-likeness (QED) is 0.0417. The summed E-state index contributed by atoms with van der Waals surface area (Å²) >= 11 is 0. The summed E-state index contributed by atoms with van der Waals surface area (Å²) in [6, 6.07) is 0. The Balaban J connectivity index is 1.49. The molecule has 0 aromatic carbocycles. The molecule has 1 aliphatic carbocycles. The molecule has 12 nitrogen and oxygen atoms in total. The summed E-state index contributed by atoms with van der Waals surface area (Å²) < 4.78 is 22.8. The summed E-state index contributed by atoms with van der Waals surface area (Å²) in [5.41, 5.74) is 1.43. The molecule has 0 aromatic rings. The van der Waals surface area contributed by atoms with Gasteiger partial charge in [-0.25, -0.2) is 0 Å². The van der Waals surface area contributed by atoms with Crippen molar-refractivity contribution in [1.82, 2.24) is 4.90 Å². The van der Waals surface area contributed by atoms with Crippen molar-refractivity contribution < 1.29 is 53.4 Å². The zero-order valence-corrected chi connectivity index (χ0v) is 39.3. The molecule has 13 atom stereocenters. The molecule has 3 N–H and O–H groups in total. The number of nitrogens with zero attached hydrogens (tertiary/aromatic N) is 1. The van der Waals surface area contributed by atoms with Crippen LogP contribution in [0.5, 0.6) is 0 Å². The van der Waals surface area contributed by atoms with Crippen LogP contribution in [0.25, 0.3) is 0 Å². The molecule has 0 aromatic heterocycles. The van der Waals surface area contributed by atoms with Crippen molar-refractivity contribution in [2.75, 3.05) is 34.4 Å². The maximum atomic E-state index is 13.5. The van der Waals surface area contributed by atoms with Crippen LogP contribution in [0.4, 0.5) is 0 Å². The molecule has 3 rings (SSSR count). The second-order valence-electron chi connectivity index (χ2n) is 18.5. The van der Waals surface area contributed by atoms with Gasteiger partial charge in [0.25, 0.3) is 11.7 Å². The molecule has 2 heterocycles. The average Bonchev–Trinajstić information content (AvgIpc) is 3.25. The third kappa shape index (κ3) is 15.6. The largest absolute Gasteiger partial charge is 0.390 e. The molecule has 0 radical (unpaired) electrons. The highest BCUT2D eigenvalue weighted by atomic mass is 16.6. The fraction of sp³-hybridized carbons (Fsp3) is 0.720. The van der Waals surface area contributed by atoms with Crippen LogP contribution in [0.3, 0.4) is 0 Å². The molecule has 3 aliphatic rings. The Kier molecular flexibility index (Phi) is 22.3. The van der Waals surface area contributed by atoms with Gasteiger partial charge in [-0.2, -0.15) is 0 Å². The van der Waals surface area contributed by atoms with Crippen molar-refractivity contribution in [2.24, 2.45) is 35.5 Å². The van der Waals surface area contributed by atoms with E-state index in [9.17, 15) is 34.5 Å². The van der Waals surface area contributed by atoms with Gasteiger partial charge >= 0.3 is 0 Å². The van der Waals surface area contributed by atoms with Crippen molar-refractivity contribution >= 4 is 23.3 Å². The Bertz CT molecular complexity index is 1610. The van der Waals surface area contributed by atoms with Gasteiger partial charge in [0.1, 0.15) is 12.2 Å². The first-order chi connectivity index (χ1) is 29.4. The number of amides is 1. The highest BCUT2D eigenvalue weighted by Gasteiger charge is 2.51. The molecule has 2 saturated heterocycles. The molecule has 0 spiro atoms. The number of aliphatic hydroxyl groups excluding tert-OH is 2. The maximum absolute atomic E-state index is 13.5. The van der Waals surface area contributed by atoms with E-state index in [1.165, 1.54) is 12.0 Å². The number of ketones is 3. The molecule has 0 unspecified atom stereocenters. The van der Waals surface area contributed by atoms with Crippen LogP contribution in [-0.2, 0) is 38.1 Å². The minimum absolute atomic E-state index is 0.0497. The van der Waals surface area contributed by atoms with Crippen LogP contribution in [0.15, 0.2) is 59.8 Å². The number of carbonyl (C=O) groups is 4. The van der Waals surface area contributed by atoms with Crippen LogP contribution in [0.1, 0.15) is 119 Å². The topological polar surface area (TPSA) is 169 Å². The van der Waals surface area contributed by atoms with Gasteiger partial charge in [-0.3, -0.25) is 19.2 Å². The van der Waals surface area contributed by atoms with Gasteiger partial charge in [0, 0.05) is 58.6 Å². The van der Waals surface area contributed by atoms with Crippen LogP contribution >= 0.6 is 0 Å². The van der Waals surface area contributed by atoms with E-state index in [1.54, 1.807) is 47.1 Å². The molecule has 3 fully saturated rings. The number of likely N-dealkylation sites (tertiary alicyclic amines) is 1. The Labute approximate surface area is 371 Å². The van der Waals surface area contributed by atoms with Crippen molar-refractivity contribution in [3.63, 3.8) is 0 Å². The summed E-state index contributed by atoms with van der Waals surface area (Å²) in [6.07, 6.45) is 19.5. The summed E-state index contributed by atoms with van der Waals surface area (Å²) in [4.78, 5) is 54.3. The van der Waals surface area contributed by atoms with Gasteiger partial charge in [-0.15, -0.1) is 0 Å². The molecule has 1 amide bonds. The van der Waals surface area contributed by atoms with Crippen LogP contribution in [-0.4, -0.2) is 120 Å². The van der Waals surface area contributed by atoms with E-state index in [4.69, 9.17) is 18.9 Å². The van der Waals surface area contributed by atoms with Crippen molar-refractivity contribution in [2.45, 2.75) is 162 Å². The Morgan fingerprint density at radius 3 is 2.19 bits per heavy atom. The summed E-state index contributed by atoms with van der Waals surface area (Å²) in [5, 5.41) is 32.7. The minimum atomic E-state index is -2.16. The lowest BCUT2D eigenvalue weighted by Crippen LogP contribution is -2.58. The molecule has 12 heteroatoms. The van der Waals surface area contributed by atoms with Crippen LogP contribution < -0.4 is 0 Å². The molecule has 350 valence electrons.